The van der Waals surface area contributed by atoms with Crippen molar-refractivity contribution >= 4 is 28.5 Å². The van der Waals surface area contributed by atoms with Crippen molar-refractivity contribution in [1.82, 2.24) is 20.9 Å². The first-order valence-corrected chi connectivity index (χ1v) is 12.9. The van der Waals surface area contributed by atoms with Crippen LogP contribution in [0.3, 0.4) is 0 Å². The van der Waals surface area contributed by atoms with Crippen molar-refractivity contribution in [2.24, 2.45) is 5.41 Å². The van der Waals surface area contributed by atoms with Crippen molar-refractivity contribution in [3.63, 3.8) is 0 Å². The van der Waals surface area contributed by atoms with Crippen LogP contribution in [0, 0.1) is 5.41 Å². The highest BCUT2D eigenvalue weighted by Crippen LogP contribution is 2.26. The van der Waals surface area contributed by atoms with Crippen LogP contribution in [0.1, 0.15) is 46.1 Å². The second-order valence-electron chi connectivity index (χ2n) is 10.6. The minimum atomic E-state index is -0.836. The fourth-order valence-electron chi connectivity index (χ4n) is 4.52. The number of fused-ring (bicyclic) bond motifs is 1. The van der Waals surface area contributed by atoms with Crippen LogP contribution >= 0.6 is 0 Å². The number of hydrogen-bond donors (Lipinski definition) is 4. The summed E-state index contributed by atoms with van der Waals surface area (Å²) in [6.45, 7) is 9.17. The van der Waals surface area contributed by atoms with Gasteiger partial charge in [0, 0.05) is 31.5 Å². The van der Waals surface area contributed by atoms with Gasteiger partial charge in [-0.1, -0.05) is 70.2 Å². The Kier molecular flexibility index (Phi) is 9.45. The number of hydrogen-bond acceptors (Lipinski definition) is 5. The van der Waals surface area contributed by atoms with E-state index in [-0.39, 0.29) is 24.3 Å². The van der Waals surface area contributed by atoms with Gasteiger partial charge in [-0.25, -0.2) is 0 Å². The molecule has 196 valence electrons. The molecule has 2 aromatic carbocycles. The molecule has 8 heteroatoms. The van der Waals surface area contributed by atoms with Crippen LogP contribution in [0.25, 0.3) is 10.8 Å². The van der Waals surface area contributed by atoms with Gasteiger partial charge in [0.1, 0.15) is 12.1 Å². The van der Waals surface area contributed by atoms with Gasteiger partial charge in [0.25, 0.3) is 0 Å². The molecule has 0 aliphatic carbocycles. The van der Waals surface area contributed by atoms with E-state index in [9.17, 15) is 19.5 Å². The van der Waals surface area contributed by atoms with E-state index in [1.165, 1.54) is 0 Å². The van der Waals surface area contributed by atoms with E-state index < -0.39 is 23.6 Å². The summed E-state index contributed by atoms with van der Waals surface area (Å²) in [7, 11) is 0. The van der Waals surface area contributed by atoms with E-state index in [1.54, 1.807) is 4.90 Å². The highest BCUT2D eigenvalue weighted by molar-refractivity contribution is 5.93. The molecular weight excluding hydrogens is 456 g/mol. The third kappa shape index (κ3) is 7.27. The molecule has 0 aromatic heterocycles. The average Bonchev–Trinajstić information content (AvgIpc) is 3.34. The van der Waals surface area contributed by atoms with Gasteiger partial charge in [-0.05, 0) is 35.7 Å². The maximum Gasteiger partial charge on any atom is 0.243 e. The number of rotatable bonds is 10. The molecule has 0 spiro atoms. The molecule has 0 radical (unpaired) electrons. The maximum atomic E-state index is 13.3. The van der Waals surface area contributed by atoms with Gasteiger partial charge in [0.05, 0.1) is 6.10 Å². The predicted molar refractivity (Wildman–Crippen MR) is 141 cm³/mol. The largest absolute Gasteiger partial charge is 0.390 e. The summed E-state index contributed by atoms with van der Waals surface area (Å²) in [4.78, 5) is 41.1. The van der Waals surface area contributed by atoms with Crippen LogP contribution in [0.5, 0.6) is 0 Å². The van der Waals surface area contributed by atoms with Gasteiger partial charge in [-0.3, -0.25) is 14.4 Å². The molecule has 1 saturated heterocycles. The maximum absolute atomic E-state index is 13.3. The highest BCUT2D eigenvalue weighted by Gasteiger charge is 2.39. The third-order valence-corrected chi connectivity index (χ3v) is 6.49. The number of aliphatic hydroxyl groups is 1. The van der Waals surface area contributed by atoms with Crippen LogP contribution in [0.2, 0.25) is 0 Å². The van der Waals surface area contributed by atoms with Crippen molar-refractivity contribution in [1.29, 1.82) is 0 Å². The quantitative estimate of drug-likeness (QED) is 0.402. The molecule has 3 atom stereocenters. The Labute approximate surface area is 213 Å². The molecule has 8 nitrogen and oxygen atoms in total. The Bertz CT molecular complexity index is 1060. The molecule has 3 amide bonds. The number of aliphatic hydroxyl groups excluding tert-OH is 1. The molecule has 0 bridgehead atoms. The average molecular weight is 497 g/mol. The van der Waals surface area contributed by atoms with Crippen LogP contribution < -0.4 is 16.0 Å². The van der Waals surface area contributed by atoms with E-state index in [4.69, 9.17) is 0 Å². The summed E-state index contributed by atoms with van der Waals surface area (Å²) < 4.78 is 0. The summed E-state index contributed by atoms with van der Waals surface area (Å²) in [5.74, 6) is -0.750. The topological polar surface area (TPSA) is 111 Å². The summed E-state index contributed by atoms with van der Waals surface area (Å²) >= 11 is 0. The normalized spacial score (nSPS) is 17.6. The molecule has 4 N–H and O–H groups in total. The third-order valence-electron chi connectivity index (χ3n) is 6.49. The van der Waals surface area contributed by atoms with E-state index in [0.29, 0.717) is 25.9 Å². The van der Waals surface area contributed by atoms with Crippen molar-refractivity contribution in [2.45, 2.75) is 65.1 Å². The molecule has 3 rings (SSSR count). The molecule has 0 saturated carbocycles. The van der Waals surface area contributed by atoms with E-state index >= 15 is 0 Å². The number of likely N-dealkylation sites (N-methyl/N-ethyl adjacent to an activating group) is 1. The lowest BCUT2D eigenvalue weighted by Gasteiger charge is -2.31. The van der Waals surface area contributed by atoms with E-state index in [1.807, 2.05) is 70.2 Å². The number of likely N-dealkylation sites (tertiary alicyclic amines) is 1. The van der Waals surface area contributed by atoms with Gasteiger partial charge in [-0.2, -0.15) is 0 Å². The van der Waals surface area contributed by atoms with Gasteiger partial charge in [0.15, 0.2) is 0 Å². The summed E-state index contributed by atoms with van der Waals surface area (Å²) in [6, 6.07) is 12.5. The van der Waals surface area contributed by atoms with Gasteiger partial charge >= 0.3 is 0 Å². The zero-order valence-electron chi connectivity index (χ0n) is 21.8. The first-order valence-electron chi connectivity index (χ1n) is 12.9. The molecule has 2 aromatic rings. The predicted octanol–water partition coefficient (Wildman–Crippen LogP) is 1.99. The van der Waals surface area contributed by atoms with Crippen LogP contribution in [-0.2, 0) is 20.8 Å². The SMILES string of the molecule is CCNCC(O)CNC(=O)C(Cc1ccc2ccccc2c1)NC(=O)C1CCCN1C(=O)C(C)(C)C. The Morgan fingerprint density at radius 3 is 2.50 bits per heavy atom. The minimum Gasteiger partial charge on any atom is -0.390 e. The number of benzene rings is 2. The first-order chi connectivity index (χ1) is 17.1. The summed E-state index contributed by atoms with van der Waals surface area (Å²) in [6.07, 6.45) is 0.879. The highest BCUT2D eigenvalue weighted by atomic mass is 16.3. The smallest absolute Gasteiger partial charge is 0.243 e. The molecule has 3 unspecified atom stereocenters. The summed E-state index contributed by atoms with van der Waals surface area (Å²) in [5.41, 5.74) is 0.323. The molecule has 1 aliphatic rings. The molecule has 1 aliphatic heterocycles. The standard InChI is InChI=1S/C28H40N4O4/c1-5-29-17-22(33)18-30-25(34)23(16-19-12-13-20-9-6-7-10-21(20)15-19)31-26(35)24-11-8-14-32(24)27(36)28(2,3)4/h6-7,9-10,12-13,15,22-24,29,33H,5,8,11,14,16-18H2,1-4H3,(H,30,34)(H,31,35). The fraction of sp³-hybridized carbons (Fsp3) is 0.536. The second kappa shape index (κ2) is 12.3. The first kappa shape index (κ1) is 27.6. The Morgan fingerprint density at radius 2 is 1.81 bits per heavy atom. The van der Waals surface area contributed by atoms with Crippen molar-refractivity contribution in [2.75, 3.05) is 26.2 Å². The Hall–Kier alpha value is -2.97. The lowest BCUT2D eigenvalue weighted by Crippen LogP contribution is -2.55. The summed E-state index contributed by atoms with van der Waals surface area (Å²) in [5, 5.41) is 21.0. The van der Waals surface area contributed by atoms with Gasteiger partial charge < -0.3 is 26.0 Å². The lowest BCUT2D eigenvalue weighted by molar-refractivity contribution is -0.145. The van der Waals surface area contributed by atoms with Gasteiger partial charge in [-0.15, -0.1) is 0 Å². The minimum absolute atomic E-state index is 0.0674. The lowest BCUT2D eigenvalue weighted by atomic mass is 9.94. The zero-order chi connectivity index (χ0) is 26.3. The number of nitrogens with one attached hydrogen (secondary N) is 3. The van der Waals surface area contributed by atoms with Crippen molar-refractivity contribution in [3.05, 3.63) is 48.0 Å². The van der Waals surface area contributed by atoms with Crippen molar-refractivity contribution in [3.8, 4) is 0 Å². The van der Waals surface area contributed by atoms with Gasteiger partial charge in [0.2, 0.25) is 17.7 Å². The molecular formula is C28H40N4O4. The fourth-order valence-corrected chi connectivity index (χ4v) is 4.52. The van der Waals surface area contributed by atoms with Crippen LogP contribution in [0.15, 0.2) is 42.5 Å². The molecule has 36 heavy (non-hydrogen) atoms. The Morgan fingerprint density at radius 1 is 1.08 bits per heavy atom. The van der Waals surface area contributed by atoms with E-state index in [2.05, 4.69) is 16.0 Å². The number of carbonyl (C=O) groups is 3. The zero-order valence-corrected chi connectivity index (χ0v) is 21.8. The van der Waals surface area contributed by atoms with Crippen molar-refractivity contribution < 1.29 is 19.5 Å². The van der Waals surface area contributed by atoms with Crippen LogP contribution in [-0.4, -0.2) is 72.1 Å². The molecule has 1 heterocycles. The number of carbonyl (C=O) groups excluding carboxylic acids is 3. The second-order valence-corrected chi connectivity index (χ2v) is 10.6. The van der Waals surface area contributed by atoms with E-state index in [0.717, 1.165) is 29.3 Å². The molecule has 1 fully saturated rings. The Balaban J connectivity index is 1.76. The number of nitrogens with zero attached hydrogens (tertiary/aromatic N) is 1. The van der Waals surface area contributed by atoms with Crippen LogP contribution in [0.4, 0.5) is 0 Å². The number of amides is 3. The monoisotopic (exact) mass is 496 g/mol.